The second-order valence-electron chi connectivity index (χ2n) is 3.99. The van der Waals surface area contributed by atoms with Gasteiger partial charge in [0.05, 0.1) is 11.0 Å². The maximum absolute atomic E-state index is 10.9. The van der Waals surface area contributed by atoms with Crippen molar-refractivity contribution >= 4 is 11.4 Å². The number of nitrogens with one attached hydrogen (secondary N) is 1. The maximum atomic E-state index is 10.9. The Bertz CT molecular complexity index is 466. The molecule has 0 aliphatic rings. The van der Waals surface area contributed by atoms with E-state index >= 15 is 0 Å². The number of aliphatic hydroxyl groups excluding tert-OH is 1. The predicted molar refractivity (Wildman–Crippen MR) is 67.2 cm³/mol. The van der Waals surface area contributed by atoms with Gasteiger partial charge in [0.25, 0.3) is 0 Å². The molecule has 1 rings (SSSR count). The van der Waals surface area contributed by atoms with Crippen molar-refractivity contribution in [2.45, 2.75) is 25.9 Å². The van der Waals surface area contributed by atoms with Crippen LogP contribution in [0.1, 0.15) is 25.3 Å². The monoisotopic (exact) mass is 249 g/mol. The summed E-state index contributed by atoms with van der Waals surface area (Å²) in [4.78, 5) is 10.4. The number of nitro groups is 1. The number of anilines is 1. The summed E-state index contributed by atoms with van der Waals surface area (Å²) in [6, 6.07) is 6.39. The van der Waals surface area contributed by atoms with Crippen molar-refractivity contribution in [3.63, 3.8) is 0 Å². The van der Waals surface area contributed by atoms with E-state index in [0.717, 1.165) is 0 Å². The molecule has 2 N–H and O–H groups in total. The van der Waals surface area contributed by atoms with Gasteiger partial charge in [0.15, 0.2) is 0 Å². The molecule has 96 valence electrons. The lowest BCUT2D eigenvalue weighted by atomic mass is 10.1. The molecule has 1 unspecified atom stereocenters. The molecule has 0 fully saturated rings. The van der Waals surface area contributed by atoms with Gasteiger partial charge in [-0.15, -0.1) is 0 Å². The van der Waals surface area contributed by atoms with Gasteiger partial charge < -0.3 is 10.4 Å². The van der Waals surface area contributed by atoms with Crippen molar-refractivity contribution in [3.8, 4) is 6.07 Å². The van der Waals surface area contributed by atoms with Crippen molar-refractivity contribution in [1.29, 1.82) is 5.26 Å². The molecule has 1 aromatic rings. The van der Waals surface area contributed by atoms with Crippen LogP contribution in [-0.2, 0) is 0 Å². The van der Waals surface area contributed by atoms with Crippen LogP contribution in [0, 0.1) is 21.4 Å². The topological polar surface area (TPSA) is 99.2 Å². The van der Waals surface area contributed by atoms with Crippen molar-refractivity contribution in [2.24, 2.45) is 0 Å². The van der Waals surface area contributed by atoms with E-state index in [1.807, 2.05) is 0 Å². The van der Waals surface area contributed by atoms with E-state index in [2.05, 4.69) is 5.32 Å². The minimum atomic E-state index is -0.560. The van der Waals surface area contributed by atoms with Crippen molar-refractivity contribution in [3.05, 3.63) is 33.9 Å². The quantitative estimate of drug-likeness (QED) is 0.456. The van der Waals surface area contributed by atoms with Gasteiger partial charge in [-0.3, -0.25) is 10.1 Å². The van der Waals surface area contributed by atoms with Gasteiger partial charge >= 0.3 is 5.69 Å². The van der Waals surface area contributed by atoms with E-state index in [0.29, 0.717) is 25.1 Å². The Balaban J connectivity index is 2.77. The van der Waals surface area contributed by atoms with Crippen molar-refractivity contribution in [1.82, 2.24) is 0 Å². The molecule has 0 aliphatic heterocycles. The molecule has 0 amide bonds. The molecule has 0 saturated heterocycles. The van der Waals surface area contributed by atoms with Crippen molar-refractivity contribution < 1.29 is 10.0 Å². The minimum absolute atomic E-state index is 0.0422. The first-order valence-electron chi connectivity index (χ1n) is 5.65. The second kappa shape index (κ2) is 6.57. The lowest BCUT2D eigenvalue weighted by molar-refractivity contribution is -0.384. The van der Waals surface area contributed by atoms with Crippen LogP contribution in [-0.4, -0.2) is 22.7 Å². The Kier molecular flexibility index (Phi) is 5.08. The molecule has 0 aliphatic carbocycles. The Morgan fingerprint density at radius 3 is 2.89 bits per heavy atom. The molecule has 0 saturated carbocycles. The predicted octanol–water partition coefficient (Wildman–Crippen LogP) is 2.04. The zero-order valence-corrected chi connectivity index (χ0v) is 10.1. The van der Waals surface area contributed by atoms with Crippen LogP contribution < -0.4 is 5.32 Å². The van der Waals surface area contributed by atoms with E-state index in [9.17, 15) is 10.1 Å². The van der Waals surface area contributed by atoms with E-state index < -0.39 is 4.92 Å². The Labute approximate surface area is 105 Å². The Hall–Kier alpha value is -2.13. The molecule has 0 spiro atoms. The zero-order chi connectivity index (χ0) is 13.5. The van der Waals surface area contributed by atoms with Crippen LogP contribution in [0.25, 0.3) is 0 Å². The molecule has 0 bridgehead atoms. The molecule has 0 heterocycles. The van der Waals surface area contributed by atoms with E-state index in [4.69, 9.17) is 10.4 Å². The highest BCUT2D eigenvalue weighted by Gasteiger charge is 2.18. The normalized spacial score (nSPS) is 11.6. The first kappa shape index (κ1) is 13.9. The molecule has 0 radical (unpaired) electrons. The molecule has 6 nitrogen and oxygen atoms in total. The largest absolute Gasteiger partial charge is 0.393 e. The Morgan fingerprint density at radius 1 is 1.61 bits per heavy atom. The number of nitrogens with zero attached hydrogens (tertiary/aromatic N) is 2. The SMILES string of the molecule is CC(O)CCCNc1cccc(C#N)c1[N+](=O)[O-]. The summed E-state index contributed by atoms with van der Waals surface area (Å²) in [6.45, 7) is 2.21. The van der Waals surface area contributed by atoms with E-state index in [1.165, 1.54) is 6.07 Å². The standard InChI is InChI=1S/C12H15N3O3/c1-9(16)4-3-7-14-11-6-2-5-10(8-13)12(11)15(17)18/h2,5-6,9,14,16H,3-4,7H2,1H3. The Morgan fingerprint density at radius 2 is 2.33 bits per heavy atom. The summed E-state index contributed by atoms with van der Waals surface area (Å²) in [7, 11) is 0. The fourth-order valence-electron chi connectivity index (χ4n) is 1.59. The first-order valence-corrected chi connectivity index (χ1v) is 5.65. The lowest BCUT2D eigenvalue weighted by Crippen LogP contribution is -2.08. The van der Waals surface area contributed by atoms with Crippen LogP contribution in [0.4, 0.5) is 11.4 Å². The van der Waals surface area contributed by atoms with Gasteiger partial charge in [-0.2, -0.15) is 5.26 Å². The summed E-state index contributed by atoms with van der Waals surface area (Å²) in [5, 5.41) is 31.8. The number of aliphatic hydroxyl groups is 1. The van der Waals surface area contributed by atoms with Gasteiger partial charge in [-0.1, -0.05) is 6.07 Å². The molecule has 1 aromatic carbocycles. The minimum Gasteiger partial charge on any atom is -0.393 e. The highest BCUT2D eigenvalue weighted by Crippen LogP contribution is 2.27. The third-order valence-electron chi connectivity index (χ3n) is 2.45. The molecule has 18 heavy (non-hydrogen) atoms. The number of para-hydroxylation sites is 1. The summed E-state index contributed by atoms with van der Waals surface area (Å²) >= 11 is 0. The van der Waals surface area contributed by atoms with E-state index in [-0.39, 0.29) is 17.4 Å². The average molecular weight is 249 g/mol. The fraction of sp³-hybridized carbons (Fsp3) is 0.417. The van der Waals surface area contributed by atoms with Crippen LogP contribution in [0.3, 0.4) is 0 Å². The van der Waals surface area contributed by atoms with Gasteiger partial charge in [0.2, 0.25) is 0 Å². The summed E-state index contributed by atoms with van der Waals surface area (Å²) in [5.41, 5.74) is 0.183. The van der Waals surface area contributed by atoms with Gasteiger partial charge in [-0.05, 0) is 31.9 Å². The molecule has 1 atom stereocenters. The van der Waals surface area contributed by atoms with Crippen molar-refractivity contribution in [2.75, 3.05) is 11.9 Å². The third kappa shape index (κ3) is 3.71. The smallest absolute Gasteiger partial charge is 0.309 e. The summed E-state index contributed by atoms with van der Waals surface area (Å²) < 4.78 is 0. The molecule has 0 aromatic heterocycles. The van der Waals surface area contributed by atoms with Crippen LogP contribution in [0.2, 0.25) is 0 Å². The van der Waals surface area contributed by atoms with Crippen LogP contribution in [0.5, 0.6) is 0 Å². The van der Waals surface area contributed by atoms with E-state index in [1.54, 1.807) is 25.1 Å². The number of nitriles is 1. The number of rotatable bonds is 6. The third-order valence-corrected chi connectivity index (χ3v) is 2.45. The number of hydrogen-bond acceptors (Lipinski definition) is 5. The number of nitro benzene ring substituents is 1. The molecular formula is C12H15N3O3. The molecular weight excluding hydrogens is 234 g/mol. The summed E-state index contributed by atoms with van der Waals surface area (Å²) in [5.74, 6) is 0. The maximum Gasteiger partial charge on any atom is 0.309 e. The fourth-order valence-corrected chi connectivity index (χ4v) is 1.59. The number of benzene rings is 1. The lowest BCUT2D eigenvalue weighted by Gasteiger charge is -2.08. The second-order valence-corrected chi connectivity index (χ2v) is 3.99. The highest BCUT2D eigenvalue weighted by molar-refractivity contribution is 5.68. The van der Waals surface area contributed by atoms with Crippen LogP contribution >= 0.6 is 0 Å². The zero-order valence-electron chi connectivity index (χ0n) is 10.1. The van der Waals surface area contributed by atoms with Gasteiger partial charge in [-0.25, -0.2) is 0 Å². The van der Waals surface area contributed by atoms with Gasteiger partial charge in [0.1, 0.15) is 17.3 Å². The number of hydrogen-bond donors (Lipinski definition) is 2. The highest BCUT2D eigenvalue weighted by atomic mass is 16.6. The van der Waals surface area contributed by atoms with Crippen LogP contribution in [0.15, 0.2) is 18.2 Å². The van der Waals surface area contributed by atoms with Gasteiger partial charge in [0, 0.05) is 6.54 Å². The molecule has 6 heteroatoms. The average Bonchev–Trinajstić information content (AvgIpc) is 2.33. The summed E-state index contributed by atoms with van der Waals surface area (Å²) in [6.07, 6.45) is 0.942. The first-order chi connectivity index (χ1) is 8.56.